The van der Waals surface area contributed by atoms with Gasteiger partial charge in [-0.3, -0.25) is 14.6 Å². The van der Waals surface area contributed by atoms with Crippen LogP contribution in [0.3, 0.4) is 0 Å². The Hall–Kier alpha value is -2.21. The van der Waals surface area contributed by atoms with Gasteiger partial charge in [0.15, 0.2) is 0 Å². The van der Waals surface area contributed by atoms with Gasteiger partial charge in [0.2, 0.25) is 0 Å². The van der Waals surface area contributed by atoms with Crippen molar-refractivity contribution in [2.24, 2.45) is 5.73 Å². The summed E-state index contributed by atoms with van der Waals surface area (Å²) in [5, 5.41) is 0. The Morgan fingerprint density at radius 1 is 1.48 bits per heavy atom. The molecule has 0 saturated heterocycles. The van der Waals surface area contributed by atoms with E-state index in [4.69, 9.17) is 10.5 Å². The highest BCUT2D eigenvalue weighted by Crippen LogP contribution is 2.11. The SMILES string of the molecule is CC(C)OCCCn1c(=O)c(C(N)=O)cc2ncccc21. The molecule has 112 valence electrons. The Bertz CT molecular complexity index is 707. The van der Waals surface area contributed by atoms with E-state index in [2.05, 4.69) is 4.98 Å². The van der Waals surface area contributed by atoms with E-state index in [1.54, 1.807) is 18.3 Å². The number of primary amides is 1. The molecule has 0 aliphatic carbocycles. The number of nitrogens with zero attached hydrogens (tertiary/aromatic N) is 2. The van der Waals surface area contributed by atoms with E-state index in [0.717, 1.165) is 0 Å². The standard InChI is InChI=1S/C15H19N3O3/c1-10(2)21-8-4-7-18-13-5-3-6-17-12(13)9-11(14(16)19)15(18)20/h3,5-6,9-10H,4,7-8H2,1-2H3,(H2,16,19). The van der Waals surface area contributed by atoms with Gasteiger partial charge in [-0.05, 0) is 38.5 Å². The monoisotopic (exact) mass is 289 g/mol. The average molecular weight is 289 g/mol. The second kappa shape index (κ2) is 6.49. The first kappa shape index (κ1) is 15.2. The summed E-state index contributed by atoms with van der Waals surface area (Å²) in [4.78, 5) is 27.9. The molecule has 0 radical (unpaired) electrons. The first-order chi connectivity index (χ1) is 10.0. The van der Waals surface area contributed by atoms with Crippen LogP contribution in [0.2, 0.25) is 0 Å². The number of amides is 1. The van der Waals surface area contributed by atoms with Gasteiger partial charge >= 0.3 is 0 Å². The number of hydrogen-bond donors (Lipinski definition) is 1. The summed E-state index contributed by atoms with van der Waals surface area (Å²) < 4.78 is 7.00. The number of hydrogen-bond acceptors (Lipinski definition) is 4. The predicted molar refractivity (Wildman–Crippen MR) is 80.2 cm³/mol. The molecule has 21 heavy (non-hydrogen) atoms. The summed E-state index contributed by atoms with van der Waals surface area (Å²) in [6.45, 7) is 4.92. The van der Waals surface area contributed by atoms with Gasteiger partial charge in [-0.1, -0.05) is 0 Å². The first-order valence-electron chi connectivity index (χ1n) is 6.90. The molecule has 6 nitrogen and oxygen atoms in total. The van der Waals surface area contributed by atoms with Gasteiger partial charge in [0.05, 0.1) is 17.1 Å². The largest absolute Gasteiger partial charge is 0.379 e. The molecule has 0 bridgehead atoms. The van der Waals surface area contributed by atoms with Crippen LogP contribution in [0.1, 0.15) is 30.6 Å². The molecule has 2 rings (SSSR count). The highest BCUT2D eigenvalue weighted by atomic mass is 16.5. The summed E-state index contributed by atoms with van der Waals surface area (Å²) in [5.41, 5.74) is 6.12. The Morgan fingerprint density at radius 2 is 2.24 bits per heavy atom. The van der Waals surface area contributed by atoms with Crippen LogP contribution in [0.4, 0.5) is 0 Å². The molecule has 2 N–H and O–H groups in total. The molecule has 0 fully saturated rings. The smallest absolute Gasteiger partial charge is 0.263 e. The normalized spacial score (nSPS) is 11.2. The molecule has 0 aliphatic rings. The van der Waals surface area contributed by atoms with E-state index in [-0.39, 0.29) is 17.2 Å². The van der Waals surface area contributed by atoms with Gasteiger partial charge in [0.25, 0.3) is 11.5 Å². The fraction of sp³-hybridized carbons (Fsp3) is 0.400. The van der Waals surface area contributed by atoms with Crippen molar-refractivity contribution < 1.29 is 9.53 Å². The number of nitrogens with two attached hydrogens (primary N) is 1. The Labute approximate surface area is 122 Å². The number of aromatic nitrogens is 2. The van der Waals surface area contributed by atoms with Gasteiger partial charge in [0, 0.05) is 19.3 Å². The molecule has 2 aromatic rings. The van der Waals surface area contributed by atoms with Crippen molar-refractivity contribution in [1.82, 2.24) is 9.55 Å². The maximum Gasteiger partial charge on any atom is 0.263 e. The van der Waals surface area contributed by atoms with Gasteiger partial charge < -0.3 is 15.0 Å². The molecule has 0 aliphatic heterocycles. The minimum Gasteiger partial charge on any atom is -0.379 e. The molecule has 0 saturated carbocycles. The van der Waals surface area contributed by atoms with Crippen molar-refractivity contribution in [1.29, 1.82) is 0 Å². The quantitative estimate of drug-likeness (QED) is 0.812. The topological polar surface area (TPSA) is 87.2 Å². The molecule has 0 atom stereocenters. The maximum atomic E-state index is 12.3. The van der Waals surface area contributed by atoms with E-state index in [1.165, 1.54) is 10.6 Å². The van der Waals surface area contributed by atoms with Crippen molar-refractivity contribution >= 4 is 16.9 Å². The summed E-state index contributed by atoms with van der Waals surface area (Å²) >= 11 is 0. The second-order valence-corrected chi connectivity index (χ2v) is 5.06. The Morgan fingerprint density at radius 3 is 2.90 bits per heavy atom. The number of carbonyl (C=O) groups is 1. The molecule has 2 aromatic heterocycles. The lowest BCUT2D eigenvalue weighted by Gasteiger charge is -2.12. The zero-order valence-electron chi connectivity index (χ0n) is 12.2. The lowest BCUT2D eigenvalue weighted by atomic mass is 10.2. The van der Waals surface area contributed by atoms with Crippen LogP contribution in [0.15, 0.2) is 29.2 Å². The van der Waals surface area contributed by atoms with Gasteiger partial charge in [-0.25, -0.2) is 0 Å². The molecule has 0 spiro atoms. The highest BCUT2D eigenvalue weighted by molar-refractivity contribution is 5.95. The molecule has 2 heterocycles. The summed E-state index contributed by atoms with van der Waals surface area (Å²) in [7, 11) is 0. The second-order valence-electron chi connectivity index (χ2n) is 5.06. The number of rotatable bonds is 6. The lowest BCUT2D eigenvalue weighted by molar-refractivity contribution is 0.0749. The van der Waals surface area contributed by atoms with Crippen LogP contribution < -0.4 is 11.3 Å². The van der Waals surface area contributed by atoms with Crippen molar-refractivity contribution in [3.63, 3.8) is 0 Å². The predicted octanol–water partition coefficient (Wildman–Crippen LogP) is 1.31. The lowest BCUT2D eigenvalue weighted by Crippen LogP contribution is -2.30. The number of ether oxygens (including phenoxy) is 1. The third-order valence-electron chi connectivity index (χ3n) is 3.11. The van der Waals surface area contributed by atoms with Crippen molar-refractivity contribution in [2.45, 2.75) is 32.9 Å². The van der Waals surface area contributed by atoms with E-state index >= 15 is 0 Å². The van der Waals surface area contributed by atoms with Crippen LogP contribution in [0.5, 0.6) is 0 Å². The van der Waals surface area contributed by atoms with Crippen molar-refractivity contribution in [3.05, 3.63) is 40.3 Å². The molecule has 6 heteroatoms. The number of fused-ring (bicyclic) bond motifs is 1. The Balaban J connectivity index is 2.37. The fourth-order valence-electron chi connectivity index (χ4n) is 2.14. The first-order valence-corrected chi connectivity index (χ1v) is 6.90. The maximum absolute atomic E-state index is 12.3. The average Bonchev–Trinajstić information content (AvgIpc) is 2.44. The molecular weight excluding hydrogens is 270 g/mol. The van der Waals surface area contributed by atoms with Crippen molar-refractivity contribution in [3.8, 4) is 0 Å². The summed E-state index contributed by atoms with van der Waals surface area (Å²) in [6.07, 6.45) is 2.44. The Kier molecular flexibility index (Phi) is 4.70. The highest BCUT2D eigenvalue weighted by Gasteiger charge is 2.13. The summed E-state index contributed by atoms with van der Waals surface area (Å²) in [5.74, 6) is -0.736. The third-order valence-corrected chi connectivity index (χ3v) is 3.11. The van der Waals surface area contributed by atoms with Crippen LogP contribution in [0, 0.1) is 0 Å². The van der Waals surface area contributed by atoms with Gasteiger partial charge in [-0.15, -0.1) is 0 Å². The van der Waals surface area contributed by atoms with E-state index < -0.39 is 5.91 Å². The number of pyridine rings is 2. The zero-order chi connectivity index (χ0) is 15.4. The van der Waals surface area contributed by atoms with E-state index in [0.29, 0.717) is 30.6 Å². The van der Waals surface area contributed by atoms with Gasteiger partial charge in [0.1, 0.15) is 5.56 Å². The van der Waals surface area contributed by atoms with E-state index in [1.807, 2.05) is 13.8 Å². The van der Waals surface area contributed by atoms with E-state index in [9.17, 15) is 9.59 Å². The molecule has 0 unspecified atom stereocenters. The minimum atomic E-state index is -0.736. The number of carbonyl (C=O) groups excluding carboxylic acids is 1. The van der Waals surface area contributed by atoms with Crippen LogP contribution in [-0.4, -0.2) is 28.2 Å². The molecular formula is C15H19N3O3. The number of aryl methyl sites for hydroxylation is 1. The molecule has 0 aromatic carbocycles. The van der Waals surface area contributed by atoms with Crippen LogP contribution >= 0.6 is 0 Å². The van der Waals surface area contributed by atoms with Crippen LogP contribution in [-0.2, 0) is 11.3 Å². The van der Waals surface area contributed by atoms with Crippen molar-refractivity contribution in [2.75, 3.05) is 6.61 Å². The minimum absolute atomic E-state index is 0.0361. The molecule has 1 amide bonds. The zero-order valence-corrected chi connectivity index (χ0v) is 12.2. The summed E-state index contributed by atoms with van der Waals surface area (Å²) in [6, 6.07) is 5.01. The van der Waals surface area contributed by atoms with Gasteiger partial charge in [-0.2, -0.15) is 0 Å². The van der Waals surface area contributed by atoms with Crippen LogP contribution in [0.25, 0.3) is 11.0 Å². The fourth-order valence-corrected chi connectivity index (χ4v) is 2.14. The third kappa shape index (κ3) is 3.46.